The van der Waals surface area contributed by atoms with E-state index >= 15 is 0 Å². The second-order valence-corrected chi connectivity index (χ2v) is 6.12. The Morgan fingerprint density at radius 1 is 1.12 bits per heavy atom. The second kappa shape index (κ2) is 7.49. The largest absolute Gasteiger partial charge is 0.378 e. The van der Waals surface area contributed by atoms with Gasteiger partial charge < -0.3 is 15.0 Å². The third-order valence-electron chi connectivity index (χ3n) is 4.25. The fourth-order valence-electron chi connectivity index (χ4n) is 2.90. The van der Waals surface area contributed by atoms with Crippen LogP contribution in [0.3, 0.4) is 0 Å². The quantitative estimate of drug-likeness (QED) is 0.751. The zero-order valence-corrected chi connectivity index (χ0v) is 14.7. The molecule has 0 atom stereocenters. The summed E-state index contributed by atoms with van der Waals surface area (Å²) in [7, 11) is 0. The average Bonchev–Trinajstić information content (AvgIpc) is 3.14. The first-order chi connectivity index (χ1) is 12.8. The van der Waals surface area contributed by atoms with Gasteiger partial charge in [-0.25, -0.2) is 9.67 Å². The zero-order valence-electron chi connectivity index (χ0n) is 14.7. The van der Waals surface area contributed by atoms with Gasteiger partial charge in [0.15, 0.2) is 5.82 Å². The highest BCUT2D eigenvalue weighted by molar-refractivity contribution is 5.49. The highest BCUT2D eigenvalue weighted by atomic mass is 16.5. The van der Waals surface area contributed by atoms with Gasteiger partial charge in [-0.1, -0.05) is 6.07 Å². The molecule has 26 heavy (non-hydrogen) atoms. The van der Waals surface area contributed by atoms with Crippen LogP contribution in [0.25, 0.3) is 5.82 Å². The van der Waals surface area contributed by atoms with Crippen molar-refractivity contribution in [3.63, 3.8) is 0 Å². The number of aromatic nitrogens is 5. The molecule has 4 rings (SSSR count). The minimum atomic E-state index is 0.634. The predicted octanol–water partition coefficient (Wildman–Crippen LogP) is 1.81. The molecule has 1 saturated heterocycles. The molecule has 0 unspecified atom stereocenters. The summed E-state index contributed by atoms with van der Waals surface area (Å²) < 4.78 is 7.14. The van der Waals surface area contributed by atoms with Gasteiger partial charge >= 0.3 is 0 Å². The van der Waals surface area contributed by atoms with E-state index in [4.69, 9.17) is 4.74 Å². The molecule has 0 aliphatic carbocycles. The maximum Gasteiger partial charge on any atom is 0.175 e. The van der Waals surface area contributed by atoms with Crippen LogP contribution in [0.2, 0.25) is 0 Å². The number of anilines is 2. The number of morpholine rings is 1. The van der Waals surface area contributed by atoms with E-state index in [1.165, 1.54) is 0 Å². The molecular formula is C18H21N7O. The number of ether oxygens (including phenoxy) is 1. The van der Waals surface area contributed by atoms with E-state index in [-0.39, 0.29) is 0 Å². The molecule has 0 saturated carbocycles. The number of hydrogen-bond donors (Lipinski definition) is 1. The van der Waals surface area contributed by atoms with Gasteiger partial charge in [0.05, 0.1) is 18.9 Å². The van der Waals surface area contributed by atoms with Crippen LogP contribution in [0.5, 0.6) is 0 Å². The van der Waals surface area contributed by atoms with E-state index < -0.39 is 0 Å². The smallest absolute Gasteiger partial charge is 0.175 e. The molecule has 0 aromatic carbocycles. The second-order valence-electron chi connectivity index (χ2n) is 6.12. The summed E-state index contributed by atoms with van der Waals surface area (Å²) in [5, 5.41) is 16.1. The van der Waals surface area contributed by atoms with Crippen molar-refractivity contribution >= 4 is 11.6 Å². The van der Waals surface area contributed by atoms with Gasteiger partial charge in [0.25, 0.3) is 0 Å². The van der Waals surface area contributed by atoms with Crippen molar-refractivity contribution in [3.8, 4) is 5.82 Å². The molecule has 1 N–H and O–H groups in total. The van der Waals surface area contributed by atoms with Crippen molar-refractivity contribution in [2.45, 2.75) is 13.5 Å². The van der Waals surface area contributed by atoms with Crippen LogP contribution in [-0.4, -0.2) is 51.3 Å². The molecule has 0 bridgehead atoms. The summed E-state index contributed by atoms with van der Waals surface area (Å²) in [4.78, 5) is 6.81. The van der Waals surface area contributed by atoms with Crippen molar-refractivity contribution in [2.24, 2.45) is 0 Å². The molecule has 1 aliphatic heterocycles. The minimum absolute atomic E-state index is 0.634. The Kier molecular flexibility index (Phi) is 4.74. The van der Waals surface area contributed by atoms with Crippen LogP contribution in [-0.2, 0) is 11.3 Å². The number of hydrogen-bond acceptors (Lipinski definition) is 7. The summed E-state index contributed by atoms with van der Waals surface area (Å²) in [6, 6.07) is 9.77. The van der Waals surface area contributed by atoms with E-state index in [0.717, 1.165) is 49.2 Å². The molecule has 3 aromatic rings. The van der Waals surface area contributed by atoms with Crippen LogP contribution in [0, 0.1) is 6.92 Å². The number of aryl methyl sites for hydroxylation is 1. The molecule has 4 heterocycles. The van der Waals surface area contributed by atoms with Gasteiger partial charge in [0, 0.05) is 37.6 Å². The van der Waals surface area contributed by atoms with E-state index in [1.807, 2.05) is 43.6 Å². The highest BCUT2D eigenvalue weighted by Crippen LogP contribution is 2.19. The summed E-state index contributed by atoms with van der Waals surface area (Å²) >= 11 is 0. The maximum absolute atomic E-state index is 5.43. The van der Waals surface area contributed by atoms with Crippen molar-refractivity contribution in [2.75, 3.05) is 36.5 Å². The molecule has 1 aliphatic rings. The van der Waals surface area contributed by atoms with Crippen LogP contribution in [0.15, 0.2) is 42.7 Å². The summed E-state index contributed by atoms with van der Waals surface area (Å²) in [6.07, 6.45) is 3.70. The third-order valence-corrected chi connectivity index (χ3v) is 4.25. The molecule has 8 heteroatoms. The predicted molar refractivity (Wildman–Crippen MR) is 98.5 cm³/mol. The standard InChI is InChI=1S/C18H21N7O/c1-14-6-8-25(23-14)17-5-4-16(21-22-17)20-13-15-3-2-7-19-18(15)24-9-11-26-12-10-24/h2-8H,9-13H2,1H3,(H,20,21). The van der Waals surface area contributed by atoms with E-state index in [2.05, 4.69) is 36.6 Å². The van der Waals surface area contributed by atoms with Gasteiger partial charge in [-0.15, -0.1) is 10.2 Å². The third kappa shape index (κ3) is 3.65. The monoisotopic (exact) mass is 351 g/mol. The molecular weight excluding hydrogens is 330 g/mol. The van der Waals surface area contributed by atoms with Gasteiger partial charge in [-0.2, -0.15) is 5.10 Å². The van der Waals surface area contributed by atoms with Crippen molar-refractivity contribution in [1.82, 2.24) is 25.0 Å². The number of nitrogens with zero attached hydrogens (tertiary/aromatic N) is 6. The van der Waals surface area contributed by atoms with Crippen molar-refractivity contribution in [1.29, 1.82) is 0 Å². The fraction of sp³-hybridized carbons (Fsp3) is 0.333. The first kappa shape index (κ1) is 16.5. The molecule has 0 spiro atoms. The van der Waals surface area contributed by atoms with Crippen LogP contribution < -0.4 is 10.2 Å². The molecule has 8 nitrogen and oxygen atoms in total. The molecule has 1 fully saturated rings. The normalized spacial score (nSPS) is 14.4. The molecule has 0 amide bonds. The minimum Gasteiger partial charge on any atom is -0.378 e. The Bertz CT molecular complexity index is 856. The van der Waals surface area contributed by atoms with Crippen LogP contribution in [0.1, 0.15) is 11.3 Å². The maximum atomic E-state index is 5.43. The Balaban J connectivity index is 1.44. The van der Waals surface area contributed by atoms with E-state index in [9.17, 15) is 0 Å². The van der Waals surface area contributed by atoms with Gasteiger partial charge in [0.2, 0.25) is 0 Å². The molecule has 134 valence electrons. The number of nitrogens with one attached hydrogen (secondary N) is 1. The lowest BCUT2D eigenvalue weighted by Gasteiger charge is -2.29. The average molecular weight is 351 g/mol. The first-order valence-corrected chi connectivity index (χ1v) is 8.66. The lowest BCUT2D eigenvalue weighted by atomic mass is 10.2. The van der Waals surface area contributed by atoms with Crippen molar-refractivity contribution < 1.29 is 4.74 Å². The SMILES string of the molecule is Cc1ccn(-c2ccc(NCc3cccnc3N3CCOCC3)nn2)n1. The van der Waals surface area contributed by atoms with Gasteiger partial charge in [-0.05, 0) is 31.2 Å². The van der Waals surface area contributed by atoms with Crippen molar-refractivity contribution in [3.05, 3.63) is 54.0 Å². The fourth-order valence-corrected chi connectivity index (χ4v) is 2.90. The Morgan fingerprint density at radius 3 is 2.73 bits per heavy atom. The number of rotatable bonds is 5. The topological polar surface area (TPSA) is 81.0 Å². The van der Waals surface area contributed by atoms with Crippen LogP contribution >= 0.6 is 0 Å². The summed E-state index contributed by atoms with van der Waals surface area (Å²) in [6.45, 7) is 5.78. The molecule has 3 aromatic heterocycles. The first-order valence-electron chi connectivity index (χ1n) is 8.66. The van der Waals surface area contributed by atoms with Gasteiger partial charge in [-0.3, -0.25) is 0 Å². The summed E-state index contributed by atoms with van der Waals surface area (Å²) in [5.74, 6) is 2.41. The summed E-state index contributed by atoms with van der Waals surface area (Å²) in [5.41, 5.74) is 2.07. The zero-order chi connectivity index (χ0) is 17.8. The Morgan fingerprint density at radius 2 is 2.00 bits per heavy atom. The Labute approximate surface area is 151 Å². The number of pyridine rings is 1. The lowest BCUT2D eigenvalue weighted by molar-refractivity contribution is 0.122. The Hall–Kier alpha value is -3.00. The van der Waals surface area contributed by atoms with E-state index in [0.29, 0.717) is 12.4 Å². The van der Waals surface area contributed by atoms with E-state index in [1.54, 1.807) is 4.68 Å². The molecule has 0 radical (unpaired) electrons. The van der Waals surface area contributed by atoms with Crippen LogP contribution in [0.4, 0.5) is 11.6 Å². The lowest BCUT2D eigenvalue weighted by Crippen LogP contribution is -2.37. The highest BCUT2D eigenvalue weighted by Gasteiger charge is 2.15. The van der Waals surface area contributed by atoms with Gasteiger partial charge in [0.1, 0.15) is 11.6 Å².